The van der Waals surface area contributed by atoms with Gasteiger partial charge in [0.2, 0.25) is 0 Å². The van der Waals surface area contributed by atoms with E-state index >= 15 is 0 Å². The van der Waals surface area contributed by atoms with E-state index in [1.807, 2.05) is 0 Å². The van der Waals surface area contributed by atoms with Crippen LogP contribution in [-0.2, 0) is 0 Å². The van der Waals surface area contributed by atoms with E-state index in [4.69, 9.17) is 0 Å². The first-order chi connectivity index (χ1) is 11.8. The Morgan fingerprint density at radius 2 is 1.08 bits per heavy atom. The maximum Gasteiger partial charge on any atom is 0.101 e. The lowest BCUT2D eigenvalue weighted by Gasteiger charge is -2.32. The number of hydrogen-bond acceptors (Lipinski definition) is 2. The highest BCUT2D eigenvalue weighted by atomic mass is 15.4. The van der Waals surface area contributed by atoms with Gasteiger partial charge in [-0.2, -0.15) is 0 Å². The van der Waals surface area contributed by atoms with Crippen LogP contribution in [0.15, 0.2) is 12.4 Å². The Labute approximate surface area is 152 Å². The van der Waals surface area contributed by atoms with Gasteiger partial charge >= 0.3 is 0 Å². The van der Waals surface area contributed by atoms with Crippen molar-refractivity contribution in [2.24, 2.45) is 0 Å². The standard InChI is InChI=1S/C22H44N2/c1-4-7-9-10-11-12-13-14-15-16-18-22-23(6-3)20-21-24(22)19-17-8-5-2/h20-22H,4-19H2,1-3H3. The Hall–Kier alpha value is -0.660. The molecule has 1 unspecified atom stereocenters. The van der Waals surface area contributed by atoms with Gasteiger partial charge in [-0.3, -0.25) is 0 Å². The first kappa shape index (κ1) is 21.4. The fraction of sp³-hybridized carbons (Fsp3) is 0.909. The molecule has 0 aromatic rings. The Bertz CT molecular complexity index is 300. The van der Waals surface area contributed by atoms with Crippen molar-refractivity contribution in [3.8, 4) is 0 Å². The van der Waals surface area contributed by atoms with Gasteiger partial charge in [-0.1, -0.05) is 84.5 Å². The van der Waals surface area contributed by atoms with Crippen LogP contribution in [0, 0.1) is 0 Å². The molecule has 2 nitrogen and oxygen atoms in total. The Kier molecular flexibility index (Phi) is 13.1. The fourth-order valence-electron chi connectivity index (χ4n) is 3.79. The third-order valence-corrected chi connectivity index (χ3v) is 5.42. The smallest absolute Gasteiger partial charge is 0.101 e. The Morgan fingerprint density at radius 1 is 0.583 bits per heavy atom. The van der Waals surface area contributed by atoms with Crippen molar-refractivity contribution in [3.05, 3.63) is 12.4 Å². The number of unbranched alkanes of at least 4 members (excludes halogenated alkanes) is 11. The van der Waals surface area contributed by atoms with Crippen LogP contribution < -0.4 is 0 Å². The van der Waals surface area contributed by atoms with Crippen LogP contribution in [0.5, 0.6) is 0 Å². The largest absolute Gasteiger partial charge is 0.356 e. The molecule has 0 aliphatic carbocycles. The van der Waals surface area contributed by atoms with E-state index in [-0.39, 0.29) is 0 Å². The molecule has 1 atom stereocenters. The highest BCUT2D eigenvalue weighted by Gasteiger charge is 2.23. The molecular weight excluding hydrogens is 292 g/mol. The monoisotopic (exact) mass is 336 g/mol. The van der Waals surface area contributed by atoms with Crippen LogP contribution >= 0.6 is 0 Å². The van der Waals surface area contributed by atoms with Crippen LogP contribution in [0.25, 0.3) is 0 Å². The SMILES string of the molecule is CCCCCCCCCCCCC1N(CC)C=CN1CCCCC. The summed E-state index contributed by atoms with van der Waals surface area (Å²) in [6.45, 7) is 9.25. The molecule has 0 amide bonds. The minimum atomic E-state index is 0.640. The van der Waals surface area contributed by atoms with Gasteiger partial charge in [-0.25, -0.2) is 0 Å². The van der Waals surface area contributed by atoms with Gasteiger partial charge in [0, 0.05) is 25.5 Å². The van der Waals surface area contributed by atoms with Gasteiger partial charge in [-0.15, -0.1) is 0 Å². The molecule has 1 heterocycles. The van der Waals surface area contributed by atoms with E-state index in [0.717, 1.165) is 6.54 Å². The lowest BCUT2D eigenvalue weighted by atomic mass is 10.0. The zero-order valence-corrected chi connectivity index (χ0v) is 16.9. The van der Waals surface area contributed by atoms with E-state index in [0.29, 0.717) is 6.17 Å². The van der Waals surface area contributed by atoms with Gasteiger partial charge in [0.15, 0.2) is 0 Å². The average molecular weight is 337 g/mol. The second kappa shape index (κ2) is 14.7. The Balaban J connectivity index is 2.06. The van der Waals surface area contributed by atoms with Crippen molar-refractivity contribution in [1.29, 1.82) is 0 Å². The molecule has 0 spiro atoms. The summed E-state index contributed by atoms with van der Waals surface area (Å²) in [6.07, 6.45) is 25.0. The highest BCUT2D eigenvalue weighted by molar-refractivity contribution is 4.96. The van der Waals surface area contributed by atoms with Crippen LogP contribution in [0.1, 0.15) is 111 Å². The summed E-state index contributed by atoms with van der Waals surface area (Å²) >= 11 is 0. The average Bonchev–Trinajstić information content (AvgIpc) is 2.99. The lowest BCUT2D eigenvalue weighted by molar-refractivity contribution is 0.142. The minimum Gasteiger partial charge on any atom is -0.356 e. The van der Waals surface area contributed by atoms with E-state index in [9.17, 15) is 0 Å². The summed E-state index contributed by atoms with van der Waals surface area (Å²) < 4.78 is 0. The normalized spacial score (nSPS) is 17.2. The third kappa shape index (κ3) is 8.99. The van der Waals surface area contributed by atoms with Gasteiger partial charge in [-0.05, 0) is 26.2 Å². The molecule has 142 valence electrons. The van der Waals surface area contributed by atoms with Gasteiger partial charge in [0.05, 0.1) is 0 Å². The molecule has 0 radical (unpaired) electrons. The second-order valence-electron chi connectivity index (χ2n) is 7.52. The summed E-state index contributed by atoms with van der Waals surface area (Å²) in [5.41, 5.74) is 0. The van der Waals surface area contributed by atoms with Crippen molar-refractivity contribution in [2.75, 3.05) is 13.1 Å². The lowest BCUT2D eigenvalue weighted by Crippen LogP contribution is -2.38. The van der Waals surface area contributed by atoms with E-state index < -0.39 is 0 Å². The molecule has 0 saturated heterocycles. The van der Waals surface area contributed by atoms with Gasteiger partial charge in [0.1, 0.15) is 6.17 Å². The molecule has 0 aromatic carbocycles. The van der Waals surface area contributed by atoms with E-state index in [1.54, 1.807) is 0 Å². The molecule has 2 heteroatoms. The van der Waals surface area contributed by atoms with Gasteiger partial charge in [0.25, 0.3) is 0 Å². The number of hydrogen-bond donors (Lipinski definition) is 0. The summed E-state index contributed by atoms with van der Waals surface area (Å²) in [5, 5.41) is 0. The maximum atomic E-state index is 2.59. The van der Waals surface area contributed by atoms with E-state index in [2.05, 4.69) is 43.0 Å². The predicted molar refractivity (Wildman–Crippen MR) is 108 cm³/mol. The first-order valence-electron chi connectivity index (χ1n) is 11.0. The quantitative estimate of drug-likeness (QED) is 0.282. The highest BCUT2D eigenvalue weighted by Crippen LogP contribution is 2.22. The second-order valence-corrected chi connectivity index (χ2v) is 7.52. The summed E-state index contributed by atoms with van der Waals surface area (Å²) in [4.78, 5) is 5.12. The number of nitrogens with zero attached hydrogens (tertiary/aromatic N) is 2. The summed E-state index contributed by atoms with van der Waals surface area (Å²) in [7, 11) is 0. The van der Waals surface area contributed by atoms with Crippen molar-refractivity contribution < 1.29 is 0 Å². The third-order valence-electron chi connectivity index (χ3n) is 5.42. The van der Waals surface area contributed by atoms with Crippen LogP contribution in [-0.4, -0.2) is 29.1 Å². The van der Waals surface area contributed by atoms with Crippen LogP contribution in [0.2, 0.25) is 0 Å². The van der Waals surface area contributed by atoms with Crippen LogP contribution in [0.4, 0.5) is 0 Å². The van der Waals surface area contributed by atoms with Crippen molar-refractivity contribution in [2.45, 2.75) is 117 Å². The maximum absolute atomic E-state index is 2.59. The van der Waals surface area contributed by atoms with Crippen molar-refractivity contribution in [3.63, 3.8) is 0 Å². The molecule has 24 heavy (non-hydrogen) atoms. The molecule has 0 saturated carbocycles. The first-order valence-corrected chi connectivity index (χ1v) is 11.0. The minimum absolute atomic E-state index is 0.640. The van der Waals surface area contributed by atoms with E-state index in [1.165, 1.54) is 96.4 Å². The molecule has 0 fully saturated rings. The predicted octanol–water partition coefficient (Wildman–Crippen LogP) is 6.92. The molecule has 0 aromatic heterocycles. The summed E-state index contributed by atoms with van der Waals surface area (Å²) in [5.74, 6) is 0. The molecule has 1 rings (SSSR count). The van der Waals surface area contributed by atoms with Crippen molar-refractivity contribution >= 4 is 0 Å². The molecule has 1 aliphatic rings. The number of rotatable bonds is 16. The topological polar surface area (TPSA) is 6.48 Å². The summed E-state index contributed by atoms with van der Waals surface area (Å²) in [6, 6.07) is 0. The molecule has 1 aliphatic heterocycles. The van der Waals surface area contributed by atoms with Crippen molar-refractivity contribution in [1.82, 2.24) is 9.80 Å². The zero-order valence-electron chi connectivity index (χ0n) is 16.9. The zero-order chi connectivity index (χ0) is 17.5. The molecule has 0 bridgehead atoms. The van der Waals surface area contributed by atoms with Gasteiger partial charge < -0.3 is 9.80 Å². The fourth-order valence-corrected chi connectivity index (χ4v) is 3.79. The molecular formula is C22H44N2. The van der Waals surface area contributed by atoms with Crippen LogP contribution in [0.3, 0.4) is 0 Å². The molecule has 0 N–H and O–H groups in total. The Morgan fingerprint density at radius 3 is 1.67 bits per heavy atom.